The highest BCUT2D eigenvalue weighted by molar-refractivity contribution is 5.82. The fourth-order valence-corrected chi connectivity index (χ4v) is 4.22. The number of ether oxygens (including phenoxy) is 2. The summed E-state index contributed by atoms with van der Waals surface area (Å²) < 4.78 is 13.8. The molecule has 1 aliphatic rings. The van der Waals surface area contributed by atoms with Crippen molar-refractivity contribution >= 4 is 16.9 Å². The van der Waals surface area contributed by atoms with E-state index in [0.717, 1.165) is 34.6 Å². The number of fused-ring (bicyclic) bond motifs is 2. The number of benzene rings is 2. The number of aliphatic carboxylic acids is 1. The van der Waals surface area contributed by atoms with Gasteiger partial charge in [-0.1, -0.05) is 19.9 Å². The Morgan fingerprint density at radius 2 is 2.17 bits per heavy atom. The van der Waals surface area contributed by atoms with Crippen LogP contribution in [0.4, 0.5) is 0 Å². The molecular weight excluding hydrogens is 380 g/mol. The van der Waals surface area contributed by atoms with E-state index in [1.807, 2.05) is 24.4 Å². The van der Waals surface area contributed by atoms with Crippen LogP contribution in [0.15, 0.2) is 36.5 Å². The Labute approximate surface area is 176 Å². The summed E-state index contributed by atoms with van der Waals surface area (Å²) in [6.45, 7) is 8.38. The lowest BCUT2D eigenvalue weighted by Gasteiger charge is -2.25. The first-order chi connectivity index (χ1) is 14.4. The minimum Gasteiger partial charge on any atom is -0.493 e. The summed E-state index contributed by atoms with van der Waals surface area (Å²) in [7, 11) is 0. The monoisotopic (exact) mass is 408 g/mol. The number of nitrogens with zero attached hydrogens (tertiary/aromatic N) is 2. The molecule has 1 aromatic heterocycles. The van der Waals surface area contributed by atoms with Gasteiger partial charge in [-0.25, -0.2) is 0 Å². The maximum absolute atomic E-state index is 11.2. The van der Waals surface area contributed by atoms with Crippen LogP contribution in [0.3, 0.4) is 0 Å². The Morgan fingerprint density at radius 1 is 1.33 bits per heavy atom. The topological polar surface area (TPSA) is 73.6 Å². The van der Waals surface area contributed by atoms with Crippen molar-refractivity contribution in [3.63, 3.8) is 0 Å². The summed E-state index contributed by atoms with van der Waals surface area (Å²) in [4.78, 5) is 11.2. The predicted octanol–water partition coefficient (Wildman–Crippen LogP) is 4.92. The predicted molar refractivity (Wildman–Crippen MR) is 115 cm³/mol. The van der Waals surface area contributed by atoms with Crippen LogP contribution in [-0.2, 0) is 17.9 Å². The van der Waals surface area contributed by atoms with Crippen molar-refractivity contribution in [2.24, 2.45) is 5.92 Å². The minimum absolute atomic E-state index is 0.0415. The molecule has 0 radical (unpaired) electrons. The highest BCUT2D eigenvalue weighted by Gasteiger charge is 2.24. The Hall–Kier alpha value is -3.02. The zero-order chi connectivity index (χ0) is 21.3. The van der Waals surface area contributed by atoms with Gasteiger partial charge >= 0.3 is 5.97 Å². The molecule has 0 aliphatic carbocycles. The average molecular weight is 408 g/mol. The molecule has 0 spiro atoms. The highest BCUT2D eigenvalue weighted by Crippen LogP contribution is 2.38. The molecule has 6 heteroatoms. The largest absolute Gasteiger partial charge is 0.493 e. The van der Waals surface area contributed by atoms with Gasteiger partial charge in [-0.15, -0.1) is 0 Å². The molecule has 30 heavy (non-hydrogen) atoms. The minimum atomic E-state index is -0.791. The van der Waals surface area contributed by atoms with Crippen molar-refractivity contribution in [2.45, 2.75) is 52.7 Å². The zero-order valence-corrected chi connectivity index (χ0v) is 17.7. The van der Waals surface area contributed by atoms with Crippen LogP contribution in [0.5, 0.6) is 11.5 Å². The third-order valence-corrected chi connectivity index (χ3v) is 5.49. The van der Waals surface area contributed by atoms with Gasteiger partial charge < -0.3 is 14.6 Å². The molecule has 1 N–H and O–H groups in total. The van der Waals surface area contributed by atoms with Crippen molar-refractivity contribution < 1.29 is 19.4 Å². The molecule has 0 bridgehead atoms. The number of carbonyl (C=O) groups is 1. The molecule has 0 saturated carbocycles. The van der Waals surface area contributed by atoms with E-state index in [-0.39, 0.29) is 12.3 Å². The van der Waals surface area contributed by atoms with Gasteiger partial charge in [0.15, 0.2) is 0 Å². The third-order valence-electron chi connectivity index (χ3n) is 5.49. The van der Waals surface area contributed by atoms with Gasteiger partial charge in [-0.3, -0.25) is 9.48 Å². The van der Waals surface area contributed by atoms with Gasteiger partial charge in [0.2, 0.25) is 0 Å². The van der Waals surface area contributed by atoms with Gasteiger partial charge in [0.25, 0.3) is 0 Å². The first-order valence-corrected chi connectivity index (χ1v) is 10.5. The van der Waals surface area contributed by atoms with Crippen LogP contribution in [0.2, 0.25) is 0 Å². The van der Waals surface area contributed by atoms with Gasteiger partial charge in [-0.05, 0) is 54.7 Å². The molecule has 1 unspecified atom stereocenters. The van der Waals surface area contributed by atoms with Gasteiger partial charge in [0.1, 0.15) is 18.1 Å². The summed E-state index contributed by atoms with van der Waals surface area (Å²) in [6, 6.07) is 9.96. The van der Waals surface area contributed by atoms with Crippen molar-refractivity contribution in [2.75, 3.05) is 6.61 Å². The van der Waals surface area contributed by atoms with E-state index >= 15 is 0 Å². The Balaban J connectivity index is 1.52. The molecule has 0 saturated heterocycles. The maximum atomic E-state index is 11.2. The summed E-state index contributed by atoms with van der Waals surface area (Å²) in [5.74, 6) is 1.19. The van der Waals surface area contributed by atoms with Crippen LogP contribution in [-0.4, -0.2) is 27.5 Å². The molecule has 158 valence electrons. The number of hydrogen-bond acceptors (Lipinski definition) is 4. The van der Waals surface area contributed by atoms with E-state index in [1.165, 1.54) is 11.1 Å². The molecule has 6 nitrogen and oxygen atoms in total. The smallest absolute Gasteiger partial charge is 0.303 e. The number of rotatable bonds is 7. The first kappa shape index (κ1) is 20.3. The normalized spacial score (nSPS) is 15.8. The second-order valence-electron chi connectivity index (χ2n) is 8.49. The molecule has 0 amide bonds. The molecule has 4 rings (SSSR count). The maximum Gasteiger partial charge on any atom is 0.303 e. The van der Waals surface area contributed by atoms with Crippen LogP contribution in [0.1, 0.15) is 49.3 Å². The third kappa shape index (κ3) is 4.27. The molecule has 2 aromatic carbocycles. The second-order valence-corrected chi connectivity index (χ2v) is 8.49. The van der Waals surface area contributed by atoms with Crippen molar-refractivity contribution in [1.82, 2.24) is 9.78 Å². The first-order valence-electron chi connectivity index (χ1n) is 10.5. The van der Waals surface area contributed by atoms with Crippen LogP contribution < -0.4 is 9.47 Å². The molecule has 0 fully saturated rings. The Bertz CT molecular complexity index is 1070. The molecule has 2 heterocycles. The van der Waals surface area contributed by atoms with Crippen LogP contribution in [0, 0.1) is 12.8 Å². The highest BCUT2D eigenvalue weighted by atomic mass is 16.5. The van der Waals surface area contributed by atoms with Gasteiger partial charge in [-0.2, -0.15) is 5.10 Å². The number of aryl methyl sites for hydroxylation is 1. The standard InChI is InChI=1S/C24H28N2O4/c1-15(2)13-26-24-16(3)8-17(9-19(24)12-25-26)14-30-20-4-5-22-21(11-20)18(6-7-29-22)10-23(27)28/h4-5,8-9,11-12,15,18H,6-7,10,13-14H2,1-3H3,(H,27,28). The van der Waals surface area contributed by atoms with Gasteiger partial charge in [0.05, 0.1) is 24.7 Å². The average Bonchev–Trinajstić information content (AvgIpc) is 3.09. The van der Waals surface area contributed by atoms with E-state index < -0.39 is 5.97 Å². The fourth-order valence-electron chi connectivity index (χ4n) is 4.22. The summed E-state index contributed by atoms with van der Waals surface area (Å²) in [5.41, 5.74) is 4.36. The molecular formula is C24H28N2O4. The number of aromatic nitrogens is 2. The SMILES string of the molecule is Cc1cc(COc2ccc3c(c2)C(CC(=O)O)CCO3)cc2cnn(CC(C)C)c12. The van der Waals surface area contributed by atoms with E-state index in [0.29, 0.717) is 25.6 Å². The van der Waals surface area contributed by atoms with E-state index in [2.05, 4.69) is 42.7 Å². The van der Waals surface area contributed by atoms with Crippen molar-refractivity contribution in [3.8, 4) is 11.5 Å². The van der Waals surface area contributed by atoms with Crippen molar-refractivity contribution in [1.29, 1.82) is 0 Å². The number of hydrogen-bond donors (Lipinski definition) is 1. The quantitative estimate of drug-likeness (QED) is 0.601. The number of carboxylic acid groups (broad SMARTS) is 1. The fraction of sp³-hybridized carbons (Fsp3) is 0.417. The Morgan fingerprint density at radius 3 is 2.93 bits per heavy atom. The van der Waals surface area contributed by atoms with Gasteiger partial charge in [0, 0.05) is 23.4 Å². The summed E-state index contributed by atoms with van der Waals surface area (Å²) >= 11 is 0. The van der Waals surface area contributed by atoms with Crippen molar-refractivity contribution in [3.05, 3.63) is 53.2 Å². The zero-order valence-electron chi connectivity index (χ0n) is 17.7. The second kappa shape index (κ2) is 8.38. The lowest BCUT2D eigenvalue weighted by molar-refractivity contribution is -0.137. The summed E-state index contributed by atoms with van der Waals surface area (Å²) in [5, 5.41) is 14.9. The van der Waals surface area contributed by atoms with Crippen LogP contribution >= 0.6 is 0 Å². The van der Waals surface area contributed by atoms with E-state index in [1.54, 1.807) is 0 Å². The van der Waals surface area contributed by atoms with E-state index in [4.69, 9.17) is 9.47 Å². The van der Waals surface area contributed by atoms with E-state index in [9.17, 15) is 9.90 Å². The lowest BCUT2D eigenvalue weighted by atomic mass is 9.90. The Kier molecular flexibility index (Phi) is 5.66. The molecule has 3 aromatic rings. The molecule has 1 atom stereocenters. The summed E-state index contributed by atoms with van der Waals surface area (Å²) in [6.07, 6.45) is 2.73. The van der Waals surface area contributed by atoms with Crippen LogP contribution in [0.25, 0.3) is 10.9 Å². The number of carboxylic acids is 1. The lowest BCUT2D eigenvalue weighted by Crippen LogP contribution is -2.17. The molecule has 1 aliphatic heterocycles.